The third-order valence-electron chi connectivity index (χ3n) is 3.65. The lowest BCUT2D eigenvalue weighted by Gasteiger charge is -2.23. The van der Waals surface area contributed by atoms with Crippen LogP contribution < -0.4 is 5.32 Å². The maximum atomic E-state index is 4.53. The van der Waals surface area contributed by atoms with Crippen LogP contribution in [0.1, 0.15) is 69.8 Å². The van der Waals surface area contributed by atoms with Crippen molar-refractivity contribution in [3.05, 3.63) is 16.1 Å². The standard InChI is InChI=1S/C15H28N2S/c1-6-11(4)9-13(7-2)17-12(5)15-16-10-14(8-3)18-15/h10-13,17H,6-9H2,1-5H3. The number of aryl methyl sites for hydroxylation is 1. The Morgan fingerprint density at radius 3 is 2.44 bits per heavy atom. The van der Waals surface area contributed by atoms with Gasteiger partial charge in [0.2, 0.25) is 0 Å². The van der Waals surface area contributed by atoms with E-state index in [9.17, 15) is 0 Å². The minimum Gasteiger partial charge on any atom is -0.305 e. The van der Waals surface area contributed by atoms with Crippen LogP contribution in [0.3, 0.4) is 0 Å². The molecule has 0 amide bonds. The van der Waals surface area contributed by atoms with Crippen LogP contribution in [0.4, 0.5) is 0 Å². The summed E-state index contributed by atoms with van der Waals surface area (Å²) in [5.41, 5.74) is 0. The number of hydrogen-bond acceptors (Lipinski definition) is 3. The summed E-state index contributed by atoms with van der Waals surface area (Å²) < 4.78 is 0. The van der Waals surface area contributed by atoms with Crippen molar-refractivity contribution >= 4 is 11.3 Å². The molecule has 1 N–H and O–H groups in total. The van der Waals surface area contributed by atoms with Gasteiger partial charge in [0.25, 0.3) is 0 Å². The van der Waals surface area contributed by atoms with Crippen LogP contribution in [0, 0.1) is 5.92 Å². The summed E-state index contributed by atoms with van der Waals surface area (Å²) in [5.74, 6) is 0.803. The molecule has 1 rings (SSSR count). The van der Waals surface area contributed by atoms with Crippen LogP contribution >= 0.6 is 11.3 Å². The van der Waals surface area contributed by atoms with Crippen LogP contribution in [0.2, 0.25) is 0 Å². The molecular formula is C15H28N2S. The average Bonchev–Trinajstić information content (AvgIpc) is 2.86. The fraction of sp³-hybridized carbons (Fsp3) is 0.800. The first-order valence-electron chi connectivity index (χ1n) is 7.31. The van der Waals surface area contributed by atoms with E-state index >= 15 is 0 Å². The summed E-state index contributed by atoms with van der Waals surface area (Å²) in [7, 11) is 0. The maximum Gasteiger partial charge on any atom is 0.109 e. The van der Waals surface area contributed by atoms with E-state index in [1.165, 1.54) is 29.1 Å². The second kappa shape index (κ2) is 7.90. The summed E-state index contributed by atoms with van der Waals surface area (Å²) in [5, 5.41) is 4.96. The van der Waals surface area contributed by atoms with Crippen molar-refractivity contribution in [2.24, 2.45) is 5.92 Å². The number of hydrogen-bond donors (Lipinski definition) is 1. The van der Waals surface area contributed by atoms with Crippen molar-refractivity contribution in [2.75, 3.05) is 0 Å². The predicted octanol–water partition coefficient (Wildman–Crippen LogP) is 4.57. The molecule has 0 saturated carbocycles. The molecule has 0 fully saturated rings. The van der Waals surface area contributed by atoms with Crippen molar-refractivity contribution in [3.8, 4) is 0 Å². The highest BCUT2D eigenvalue weighted by atomic mass is 32.1. The normalized spacial score (nSPS) is 16.5. The van der Waals surface area contributed by atoms with Crippen LogP contribution in [0.5, 0.6) is 0 Å². The third-order valence-corrected chi connectivity index (χ3v) is 4.98. The zero-order valence-corrected chi connectivity index (χ0v) is 13.3. The Balaban J connectivity index is 2.53. The van der Waals surface area contributed by atoms with Gasteiger partial charge >= 0.3 is 0 Å². The molecule has 104 valence electrons. The molecule has 0 aliphatic heterocycles. The molecule has 0 aliphatic carbocycles. The van der Waals surface area contributed by atoms with E-state index in [4.69, 9.17) is 0 Å². The van der Waals surface area contributed by atoms with Gasteiger partial charge in [-0.2, -0.15) is 0 Å². The first-order valence-corrected chi connectivity index (χ1v) is 8.12. The Morgan fingerprint density at radius 2 is 1.94 bits per heavy atom. The zero-order valence-electron chi connectivity index (χ0n) is 12.5. The van der Waals surface area contributed by atoms with Crippen LogP contribution in [0.25, 0.3) is 0 Å². The summed E-state index contributed by atoms with van der Waals surface area (Å²) in [6.07, 6.45) is 6.84. The van der Waals surface area contributed by atoms with Crippen LogP contribution in [0.15, 0.2) is 6.20 Å². The van der Waals surface area contributed by atoms with E-state index in [1.807, 2.05) is 17.5 Å². The quantitative estimate of drug-likeness (QED) is 0.747. The van der Waals surface area contributed by atoms with Gasteiger partial charge < -0.3 is 5.32 Å². The molecule has 2 nitrogen and oxygen atoms in total. The van der Waals surface area contributed by atoms with Crippen molar-refractivity contribution < 1.29 is 0 Å². The molecule has 3 heteroatoms. The van der Waals surface area contributed by atoms with Gasteiger partial charge in [0.1, 0.15) is 5.01 Å². The molecule has 0 bridgehead atoms. The molecule has 0 aromatic carbocycles. The molecule has 0 spiro atoms. The lowest BCUT2D eigenvalue weighted by atomic mass is 9.97. The molecule has 0 radical (unpaired) electrons. The Bertz CT molecular complexity index is 335. The van der Waals surface area contributed by atoms with Crippen molar-refractivity contribution in [1.29, 1.82) is 0 Å². The lowest BCUT2D eigenvalue weighted by Crippen LogP contribution is -2.32. The molecule has 0 aliphatic rings. The van der Waals surface area contributed by atoms with Gasteiger partial charge in [-0.15, -0.1) is 11.3 Å². The second-order valence-corrected chi connectivity index (χ2v) is 6.41. The van der Waals surface area contributed by atoms with Crippen molar-refractivity contribution in [2.45, 2.75) is 72.4 Å². The summed E-state index contributed by atoms with van der Waals surface area (Å²) >= 11 is 1.84. The molecule has 1 heterocycles. The van der Waals surface area contributed by atoms with E-state index in [0.29, 0.717) is 12.1 Å². The van der Waals surface area contributed by atoms with Crippen LogP contribution in [-0.2, 0) is 6.42 Å². The molecule has 1 aromatic heterocycles. The second-order valence-electron chi connectivity index (χ2n) is 5.26. The predicted molar refractivity (Wildman–Crippen MR) is 81.2 cm³/mol. The molecule has 3 atom stereocenters. The number of nitrogens with one attached hydrogen (secondary N) is 1. The Kier molecular flexibility index (Phi) is 6.87. The number of nitrogens with zero attached hydrogens (tertiary/aromatic N) is 1. The number of thiazole rings is 1. The molecule has 1 aromatic rings. The van der Waals surface area contributed by atoms with Gasteiger partial charge in [0.05, 0.1) is 6.04 Å². The largest absolute Gasteiger partial charge is 0.305 e. The van der Waals surface area contributed by atoms with Crippen molar-refractivity contribution in [1.82, 2.24) is 10.3 Å². The molecular weight excluding hydrogens is 240 g/mol. The fourth-order valence-electron chi connectivity index (χ4n) is 2.12. The SMILES string of the molecule is CCc1cnc(C(C)NC(CC)CC(C)CC)s1. The summed E-state index contributed by atoms with van der Waals surface area (Å²) in [6, 6.07) is 0.994. The number of aromatic nitrogens is 1. The highest BCUT2D eigenvalue weighted by molar-refractivity contribution is 7.11. The van der Waals surface area contributed by atoms with Gasteiger partial charge in [0, 0.05) is 17.1 Å². The Hall–Kier alpha value is -0.410. The minimum atomic E-state index is 0.379. The summed E-state index contributed by atoms with van der Waals surface area (Å²) in [4.78, 5) is 5.91. The zero-order chi connectivity index (χ0) is 13.5. The Labute approximate surface area is 116 Å². The van der Waals surface area contributed by atoms with Gasteiger partial charge in [-0.3, -0.25) is 0 Å². The maximum absolute atomic E-state index is 4.53. The van der Waals surface area contributed by atoms with Crippen LogP contribution in [-0.4, -0.2) is 11.0 Å². The Morgan fingerprint density at radius 1 is 1.22 bits per heavy atom. The molecule has 3 unspecified atom stereocenters. The van der Waals surface area contributed by atoms with E-state index < -0.39 is 0 Å². The molecule has 0 saturated heterocycles. The van der Waals surface area contributed by atoms with Crippen molar-refractivity contribution in [3.63, 3.8) is 0 Å². The smallest absolute Gasteiger partial charge is 0.109 e. The highest BCUT2D eigenvalue weighted by Gasteiger charge is 2.16. The highest BCUT2D eigenvalue weighted by Crippen LogP contribution is 2.22. The monoisotopic (exact) mass is 268 g/mol. The van der Waals surface area contributed by atoms with E-state index in [-0.39, 0.29) is 0 Å². The molecule has 18 heavy (non-hydrogen) atoms. The van der Waals surface area contributed by atoms with Gasteiger partial charge in [-0.1, -0.05) is 34.1 Å². The van der Waals surface area contributed by atoms with E-state index in [2.05, 4.69) is 44.9 Å². The summed E-state index contributed by atoms with van der Waals surface area (Å²) in [6.45, 7) is 11.3. The van der Waals surface area contributed by atoms with E-state index in [0.717, 1.165) is 12.3 Å². The third kappa shape index (κ3) is 4.69. The van der Waals surface area contributed by atoms with Gasteiger partial charge in [0.15, 0.2) is 0 Å². The van der Waals surface area contributed by atoms with Gasteiger partial charge in [-0.25, -0.2) is 4.98 Å². The van der Waals surface area contributed by atoms with E-state index in [1.54, 1.807) is 0 Å². The van der Waals surface area contributed by atoms with Gasteiger partial charge in [-0.05, 0) is 32.1 Å². The fourth-order valence-corrected chi connectivity index (χ4v) is 2.98. The topological polar surface area (TPSA) is 24.9 Å². The minimum absolute atomic E-state index is 0.379. The first-order chi connectivity index (χ1) is 8.60. The average molecular weight is 268 g/mol. The number of rotatable bonds is 8. The lowest BCUT2D eigenvalue weighted by molar-refractivity contribution is 0.358. The first kappa shape index (κ1) is 15.6.